The van der Waals surface area contributed by atoms with Crippen LogP contribution in [0.15, 0.2) is 84.9 Å². The fraction of sp³-hybridized carbons (Fsp3) is 0.167. The van der Waals surface area contributed by atoms with Crippen molar-refractivity contribution in [3.8, 4) is 11.1 Å². The standard InChI is InChI=1S/C24H23NO4/c26-23(27)22(16-25-24(28)29-17-19-7-3-1-4-8-19)15-18-11-13-21(14-12-18)20-9-5-2-6-10-20/h1-14,22H,15-17H2,(H,25,28)(H,26,27). The highest BCUT2D eigenvalue weighted by Gasteiger charge is 2.19. The molecule has 148 valence electrons. The highest BCUT2D eigenvalue weighted by atomic mass is 16.5. The van der Waals surface area contributed by atoms with E-state index in [-0.39, 0.29) is 13.2 Å². The molecule has 1 atom stereocenters. The zero-order chi connectivity index (χ0) is 20.5. The number of carbonyl (C=O) groups excluding carboxylic acids is 1. The highest BCUT2D eigenvalue weighted by molar-refractivity contribution is 5.73. The lowest BCUT2D eigenvalue weighted by molar-refractivity contribution is -0.141. The van der Waals surface area contributed by atoms with E-state index in [0.29, 0.717) is 6.42 Å². The summed E-state index contributed by atoms with van der Waals surface area (Å²) >= 11 is 0. The number of alkyl carbamates (subject to hydrolysis) is 1. The molecule has 0 radical (unpaired) electrons. The van der Waals surface area contributed by atoms with Crippen LogP contribution in [0.5, 0.6) is 0 Å². The van der Waals surface area contributed by atoms with Crippen molar-refractivity contribution in [3.05, 3.63) is 96.1 Å². The number of amides is 1. The Bertz CT molecular complexity index is 924. The van der Waals surface area contributed by atoms with Gasteiger partial charge in [0.15, 0.2) is 0 Å². The molecule has 0 aliphatic heterocycles. The van der Waals surface area contributed by atoms with E-state index in [0.717, 1.165) is 22.3 Å². The van der Waals surface area contributed by atoms with Gasteiger partial charge in [-0.15, -0.1) is 0 Å². The average molecular weight is 389 g/mol. The monoisotopic (exact) mass is 389 g/mol. The second kappa shape index (κ2) is 10.1. The maximum Gasteiger partial charge on any atom is 0.407 e. The molecular weight excluding hydrogens is 366 g/mol. The molecule has 5 heteroatoms. The summed E-state index contributed by atoms with van der Waals surface area (Å²) in [5.74, 6) is -1.69. The summed E-state index contributed by atoms with van der Waals surface area (Å²) in [7, 11) is 0. The summed E-state index contributed by atoms with van der Waals surface area (Å²) in [5, 5.41) is 12.0. The summed E-state index contributed by atoms with van der Waals surface area (Å²) in [6.07, 6.45) is -0.303. The number of rotatable bonds is 8. The van der Waals surface area contributed by atoms with Gasteiger partial charge in [-0.25, -0.2) is 4.79 Å². The third-order valence-electron chi connectivity index (χ3n) is 4.60. The van der Waals surface area contributed by atoms with Crippen molar-refractivity contribution in [3.63, 3.8) is 0 Å². The van der Waals surface area contributed by atoms with Crippen molar-refractivity contribution in [2.45, 2.75) is 13.0 Å². The number of hydrogen-bond acceptors (Lipinski definition) is 3. The Morgan fingerprint density at radius 3 is 2.00 bits per heavy atom. The van der Waals surface area contributed by atoms with Crippen molar-refractivity contribution >= 4 is 12.1 Å². The van der Waals surface area contributed by atoms with Crippen LogP contribution >= 0.6 is 0 Å². The zero-order valence-corrected chi connectivity index (χ0v) is 16.0. The fourth-order valence-corrected chi connectivity index (χ4v) is 2.98. The first-order valence-corrected chi connectivity index (χ1v) is 9.43. The minimum absolute atomic E-state index is 0.00337. The zero-order valence-electron chi connectivity index (χ0n) is 16.0. The van der Waals surface area contributed by atoms with Crippen molar-refractivity contribution in [1.29, 1.82) is 0 Å². The SMILES string of the molecule is O=C(NCC(Cc1ccc(-c2ccccc2)cc1)C(=O)O)OCc1ccccc1. The van der Waals surface area contributed by atoms with E-state index in [1.54, 1.807) is 0 Å². The third kappa shape index (κ3) is 6.21. The van der Waals surface area contributed by atoms with Crippen LogP contribution in [0.4, 0.5) is 4.79 Å². The van der Waals surface area contributed by atoms with Crippen molar-refractivity contribution in [1.82, 2.24) is 5.32 Å². The Morgan fingerprint density at radius 1 is 0.793 bits per heavy atom. The van der Waals surface area contributed by atoms with Gasteiger partial charge in [-0.3, -0.25) is 4.79 Å². The van der Waals surface area contributed by atoms with E-state index in [9.17, 15) is 14.7 Å². The van der Waals surface area contributed by atoms with Crippen molar-refractivity contribution in [2.24, 2.45) is 5.92 Å². The lowest BCUT2D eigenvalue weighted by atomic mass is 9.97. The second-order valence-electron chi connectivity index (χ2n) is 6.74. The van der Waals surface area contributed by atoms with Gasteiger partial charge < -0.3 is 15.2 Å². The molecule has 1 amide bonds. The van der Waals surface area contributed by atoms with Crippen LogP contribution in [0, 0.1) is 5.92 Å². The lowest BCUT2D eigenvalue weighted by Gasteiger charge is -2.14. The quantitative estimate of drug-likeness (QED) is 0.594. The van der Waals surface area contributed by atoms with Crippen molar-refractivity contribution in [2.75, 3.05) is 6.54 Å². The fourth-order valence-electron chi connectivity index (χ4n) is 2.98. The molecular formula is C24H23NO4. The van der Waals surface area contributed by atoms with Gasteiger partial charge in [0.1, 0.15) is 6.61 Å². The molecule has 0 bridgehead atoms. The molecule has 2 N–H and O–H groups in total. The van der Waals surface area contributed by atoms with Crippen LogP contribution in [0.25, 0.3) is 11.1 Å². The van der Waals surface area contributed by atoms with Gasteiger partial charge in [-0.2, -0.15) is 0 Å². The number of aliphatic carboxylic acids is 1. The maximum atomic E-state index is 11.9. The molecule has 3 aromatic carbocycles. The molecule has 5 nitrogen and oxygen atoms in total. The van der Waals surface area contributed by atoms with Crippen LogP contribution < -0.4 is 5.32 Å². The van der Waals surface area contributed by atoms with Crippen LogP contribution in [-0.4, -0.2) is 23.7 Å². The molecule has 3 rings (SSSR count). The summed E-state index contributed by atoms with van der Waals surface area (Å²) in [6.45, 7) is 0.148. The molecule has 0 saturated carbocycles. The van der Waals surface area contributed by atoms with E-state index in [1.807, 2.05) is 84.9 Å². The smallest absolute Gasteiger partial charge is 0.407 e. The van der Waals surface area contributed by atoms with Gasteiger partial charge in [0.25, 0.3) is 0 Å². The molecule has 29 heavy (non-hydrogen) atoms. The van der Waals surface area contributed by atoms with Gasteiger partial charge in [0, 0.05) is 6.54 Å². The number of benzene rings is 3. The first-order valence-electron chi connectivity index (χ1n) is 9.43. The van der Waals surface area contributed by atoms with E-state index >= 15 is 0 Å². The summed E-state index contributed by atoms with van der Waals surface area (Å²) in [5.41, 5.74) is 3.95. The summed E-state index contributed by atoms with van der Waals surface area (Å²) < 4.78 is 5.13. The topological polar surface area (TPSA) is 75.6 Å². The molecule has 0 aliphatic carbocycles. The second-order valence-corrected chi connectivity index (χ2v) is 6.74. The van der Waals surface area contributed by atoms with Crippen molar-refractivity contribution < 1.29 is 19.4 Å². The molecule has 0 saturated heterocycles. The molecule has 0 fully saturated rings. The third-order valence-corrected chi connectivity index (χ3v) is 4.60. The van der Waals surface area contributed by atoms with E-state index in [2.05, 4.69) is 5.32 Å². The van der Waals surface area contributed by atoms with Crippen LogP contribution in [0.2, 0.25) is 0 Å². The maximum absolute atomic E-state index is 11.9. The van der Waals surface area contributed by atoms with E-state index in [1.165, 1.54) is 0 Å². The molecule has 3 aromatic rings. The van der Waals surface area contributed by atoms with E-state index < -0.39 is 18.0 Å². The van der Waals surface area contributed by atoms with Crippen LogP contribution in [-0.2, 0) is 22.6 Å². The van der Waals surface area contributed by atoms with Gasteiger partial charge >= 0.3 is 12.1 Å². The molecule has 0 heterocycles. The van der Waals surface area contributed by atoms with Gasteiger partial charge in [0.05, 0.1) is 5.92 Å². The number of nitrogens with one attached hydrogen (secondary N) is 1. The Morgan fingerprint density at radius 2 is 1.38 bits per heavy atom. The first kappa shape index (κ1) is 20.1. The summed E-state index contributed by atoms with van der Waals surface area (Å²) in [6, 6.07) is 27.1. The predicted octanol–water partition coefficient (Wildman–Crippen LogP) is 4.52. The Balaban J connectivity index is 1.52. The molecule has 0 spiro atoms. The Kier molecular flexibility index (Phi) is 7.00. The van der Waals surface area contributed by atoms with E-state index in [4.69, 9.17) is 4.74 Å². The Labute approximate surface area is 170 Å². The number of carbonyl (C=O) groups is 2. The summed E-state index contributed by atoms with van der Waals surface area (Å²) in [4.78, 5) is 23.5. The number of hydrogen-bond donors (Lipinski definition) is 2. The predicted molar refractivity (Wildman–Crippen MR) is 111 cm³/mol. The van der Waals surface area contributed by atoms with Gasteiger partial charge in [-0.05, 0) is 28.7 Å². The molecule has 1 unspecified atom stereocenters. The van der Waals surface area contributed by atoms with Gasteiger partial charge in [0.2, 0.25) is 0 Å². The average Bonchev–Trinajstić information content (AvgIpc) is 2.76. The molecule has 0 aromatic heterocycles. The van der Waals surface area contributed by atoms with Crippen LogP contribution in [0.1, 0.15) is 11.1 Å². The first-order chi connectivity index (χ1) is 14.1. The highest BCUT2D eigenvalue weighted by Crippen LogP contribution is 2.20. The number of carboxylic acid groups (broad SMARTS) is 1. The largest absolute Gasteiger partial charge is 0.481 e. The molecule has 0 aliphatic rings. The normalized spacial score (nSPS) is 11.4. The minimum atomic E-state index is -0.958. The number of ether oxygens (including phenoxy) is 1. The minimum Gasteiger partial charge on any atom is -0.481 e. The lowest BCUT2D eigenvalue weighted by Crippen LogP contribution is -2.34. The Hall–Kier alpha value is -3.60. The number of carboxylic acids is 1. The van der Waals surface area contributed by atoms with Gasteiger partial charge in [-0.1, -0.05) is 84.9 Å². The van der Waals surface area contributed by atoms with Crippen LogP contribution in [0.3, 0.4) is 0 Å².